The van der Waals surface area contributed by atoms with Crippen LogP contribution < -0.4 is 0 Å². The Morgan fingerprint density at radius 3 is 0.696 bits per heavy atom. The fraction of sp³-hybridized carbons (Fsp3) is 0.826. The maximum absolute atomic E-state index is 2.27. The Balaban J connectivity index is -0.0000000990. The third kappa shape index (κ3) is 74.2. The Morgan fingerprint density at radius 1 is 0.435 bits per heavy atom. The van der Waals surface area contributed by atoms with Crippen molar-refractivity contribution >= 4 is 0 Å². The minimum absolute atomic E-state index is 0.833. The van der Waals surface area contributed by atoms with Gasteiger partial charge in [0.25, 0.3) is 0 Å². The molecule has 2 rings (SSSR count). The van der Waals surface area contributed by atoms with Crippen molar-refractivity contribution < 1.29 is 0 Å². The summed E-state index contributed by atoms with van der Waals surface area (Å²) in [5, 5.41) is 0. The summed E-state index contributed by atoms with van der Waals surface area (Å²) in [4.78, 5) is 0. The van der Waals surface area contributed by atoms with Gasteiger partial charge < -0.3 is 0 Å². The first-order valence-corrected chi connectivity index (χ1v) is 10.3. The van der Waals surface area contributed by atoms with Gasteiger partial charge in [0, 0.05) is 0 Å². The predicted octanol–water partition coefficient (Wildman–Crippen LogP) is 9.22. The van der Waals surface area contributed by atoms with Crippen LogP contribution in [0, 0.1) is 11.8 Å². The van der Waals surface area contributed by atoms with Crippen molar-refractivity contribution in [2.24, 2.45) is 11.8 Å². The molecule has 0 amide bonds. The summed E-state index contributed by atoms with van der Waals surface area (Å²) in [5.41, 5.74) is 0. The standard InChI is InChI=1S/C6H10.C5H8.2C4H10.2C2H6/c1-2-4-6-5-3-1;1-2-4-5-3-1;2*1-4(2)3;2*1-2/h1-2H,3-6H2;1-2H,3-5H2;2*4H,1-3H3;2*1-2H3. The van der Waals surface area contributed by atoms with Gasteiger partial charge in [-0.05, 0) is 56.8 Å². The molecule has 0 aromatic heterocycles. The highest BCUT2D eigenvalue weighted by Gasteiger charge is 1.87. The van der Waals surface area contributed by atoms with Gasteiger partial charge in [-0.25, -0.2) is 0 Å². The van der Waals surface area contributed by atoms with E-state index in [0.29, 0.717) is 0 Å². The van der Waals surface area contributed by atoms with Crippen LogP contribution in [0.15, 0.2) is 24.3 Å². The quantitative estimate of drug-likeness (QED) is 0.389. The van der Waals surface area contributed by atoms with Gasteiger partial charge in [-0.1, -0.05) is 93.5 Å². The van der Waals surface area contributed by atoms with Crippen molar-refractivity contribution in [1.82, 2.24) is 0 Å². The van der Waals surface area contributed by atoms with Crippen LogP contribution in [-0.4, -0.2) is 0 Å². The van der Waals surface area contributed by atoms with Crippen molar-refractivity contribution in [2.75, 3.05) is 0 Å². The zero-order valence-electron chi connectivity index (χ0n) is 18.4. The van der Waals surface area contributed by atoms with Crippen LogP contribution in [0.25, 0.3) is 0 Å². The molecular weight excluding hydrogens is 276 g/mol. The fourth-order valence-electron chi connectivity index (χ4n) is 1.35. The molecule has 0 bridgehead atoms. The molecule has 0 spiro atoms. The van der Waals surface area contributed by atoms with E-state index in [2.05, 4.69) is 65.8 Å². The van der Waals surface area contributed by atoms with Crippen LogP contribution in [-0.2, 0) is 0 Å². The Kier molecular flexibility index (Phi) is 43.8. The first kappa shape index (κ1) is 30.4. The lowest BCUT2D eigenvalue weighted by molar-refractivity contribution is 0.730. The van der Waals surface area contributed by atoms with Crippen molar-refractivity contribution in [3.63, 3.8) is 0 Å². The van der Waals surface area contributed by atoms with Crippen molar-refractivity contribution in [3.8, 4) is 0 Å². The summed E-state index contributed by atoms with van der Waals surface area (Å²) in [6.45, 7) is 21.0. The molecular formula is C23H50. The second-order valence-corrected chi connectivity index (χ2v) is 6.62. The number of allylic oxidation sites excluding steroid dienone is 4. The van der Waals surface area contributed by atoms with Crippen LogP contribution in [0.2, 0.25) is 0 Å². The van der Waals surface area contributed by atoms with E-state index < -0.39 is 0 Å². The molecule has 0 atom stereocenters. The average Bonchev–Trinajstić information content (AvgIpc) is 3.11. The van der Waals surface area contributed by atoms with E-state index in [4.69, 9.17) is 0 Å². The lowest BCUT2D eigenvalue weighted by Gasteiger charge is -1.97. The van der Waals surface area contributed by atoms with Crippen molar-refractivity contribution in [3.05, 3.63) is 24.3 Å². The molecule has 0 N–H and O–H groups in total. The van der Waals surface area contributed by atoms with Crippen molar-refractivity contribution in [2.45, 2.75) is 114 Å². The molecule has 2 aliphatic carbocycles. The van der Waals surface area contributed by atoms with E-state index >= 15 is 0 Å². The number of rotatable bonds is 0. The molecule has 0 saturated heterocycles. The van der Waals surface area contributed by atoms with E-state index in [9.17, 15) is 0 Å². The van der Waals surface area contributed by atoms with Crippen LogP contribution >= 0.6 is 0 Å². The van der Waals surface area contributed by atoms with E-state index in [1.54, 1.807) is 0 Å². The van der Waals surface area contributed by atoms with E-state index in [1.165, 1.54) is 44.9 Å². The molecule has 0 aromatic carbocycles. The first-order chi connectivity index (χ1) is 11.0. The highest BCUT2D eigenvalue weighted by Crippen LogP contribution is 2.07. The molecule has 0 aromatic rings. The minimum Gasteiger partial charge on any atom is -0.0885 e. The number of hydrogen-bond donors (Lipinski definition) is 0. The molecule has 2 aliphatic rings. The van der Waals surface area contributed by atoms with Crippen LogP contribution in [0.1, 0.15) is 114 Å². The molecule has 0 fully saturated rings. The molecule has 0 heterocycles. The first-order valence-electron chi connectivity index (χ1n) is 10.3. The van der Waals surface area contributed by atoms with Gasteiger partial charge in [0.05, 0.1) is 0 Å². The molecule has 0 unspecified atom stereocenters. The molecule has 0 nitrogen and oxygen atoms in total. The zero-order valence-corrected chi connectivity index (χ0v) is 18.4. The van der Waals surface area contributed by atoms with Gasteiger partial charge in [0.15, 0.2) is 0 Å². The largest absolute Gasteiger partial charge is 0.0885 e. The van der Waals surface area contributed by atoms with Crippen molar-refractivity contribution in [1.29, 1.82) is 0 Å². The third-order valence-electron chi connectivity index (χ3n) is 2.07. The molecule has 0 aliphatic heterocycles. The Bertz CT molecular complexity index is 171. The maximum atomic E-state index is 2.27. The van der Waals surface area contributed by atoms with E-state index in [-0.39, 0.29) is 0 Å². The van der Waals surface area contributed by atoms with E-state index in [1.807, 2.05) is 27.7 Å². The predicted molar refractivity (Wildman–Crippen MR) is 114 cm³/mol. The Labute approximate surface area is 150 Å². The smallest absolute Gasteiger partial charge is 0.0348 e. The monoisotopic (exact) mass is 326 g/mol. The average molecular weight is 327 g/mol. The van der Waals surface area contributed by atoms with Crippen LogP contribution in [0.3, 0.4) is 0 Å². The second kappa shape index (κ2) is 33.2. The lowest BCUT2D eigenvalue weighted by Crippen LogP contribution is -1.77. The van der Waals surface area contributed by atoms with Crippen LogP contribution in [0.5, 0.6) is 0 Å². The highest BCUT2D eigenvalue weighted by molar-refractivity contribution is 4.88. The normalized spacial score (nSPS) is 13.7. The molecule has 142 valence electrons. The summed E-state index contributed by atoms with van der Waals surface area (Å²) in [5.74, 6) is 1.67. The summed E-state index contributed by atoms with van der Waals surface area (Å²) in [6, 6.07) is 0. The number of hydrogen-bond acceptors (Lipinski definition) is 0. The maximum Gasteiger partial charge on any atom is -0.0348 e. The van der Waals surface area contributed by atoms with Gasteiger partial charge in [0.1, 0.15) is 0 Å². The molecule has 23 heavy (non-hydrogen) atoms. The fourth-order valence-corrected chi connectivity index (χ4v) is 1.35. The highest BCUT2D eigenvalue weighted by atomic mass is 13.9. The molecule has 0 saturated carbocycles. The van der Waals surface area contributed by atoms with Crippen LogP contribution in [0.4, 0.5) is 0 Å². The van der Waals surface area contributed by atoms with Gasteiger partial charge in [-0.15, -0.1) is 0 Å². The summed E-state index contributed by atoms with van der Waals surface area (Å²) in [7, 11) is 0. The topological polar surface area (TPSA) is 0 Å². The summed E-state index contributed by atoms with van der Waals surface area (Å²) >= 11 is 0. The molecule has 0 heteroatoms. The minimum atomic E-state index is 0.833. The Hall–Kier alpha value is -0.520. The summed E-state index contributed by atoms with van der Waals surface area (Å²) in [6.07, 6.45) is 18.5. The van der Waals surface area contributed by atoms with Gasteiger partial charge in [0.2, 0.25) is 0 Å². The van der Waals surface area contributed by atoms with Gasteiger partial charge in [-0.2, -0.15) is 0 Å². The molecule has 0 radical (unpaired) electrons. The summed E-state index contributed by atoms with van der Waals surface area (Å²) < 4.78 is 0. The third-order valence-corrected chi connectivity index (χ3v) is 2.07. The van der Waals surface area contributed by atoms with Gasteiger partial charge >= 0.3 is 0 Å². The lowest BCUT2D eigenvalue weighted by atomic mass is 10.1. The zero-order chi connectivity index (χ0) is 18.9. The van der Waals surface area contributed by atoms with E-state index in [0.717, 1.165) is 11.8 Å². The van der Waals surface area contributed by atoms with Gasteiger partial charge in [-0.3, -0.25) is 0 Å². The second-order valence-electron chi connectivity index (χ2n) is 6.62. The SMILES string of the molecule is C1=CCCC1.C1=CCCCC1.CC.CC.CC(C)C.CC(C)C. The Morgan fingerprint density at radius 2 is 0.609 bits per heavy atom.